The van der Waals surface area contributed by atoms with Crippen LogP contribution in [0.25, 0.3) is 0 Å². The number of halogens is 1. The van der Waals surface area contributed by atoms with Gasteiger partial charge < -0.3 is 14.8 Å². The highest BCUT2D eigenvalue weighted by atomic mass is 19.1. The lowest BCUT2D eigenvalue weighted by Crippen LogP contribution is -2.50. The van der Waals surface area contributed by atoms with Crippen molar-refractivity contribution in [1.29, 1.82) is 0 Å². The summed E-state index contributed by atoms with van der Waals surface area (Å²) < 4.78 is 23.9. The molecule has 0 aromatic heterocycles. The molecule has 28 heavy (non-hydrogen) atoms. The number of rotatable bonds is 4. The number of ether oxygens (including phenoxy) is 2. The number of nitrogens with zero attached hydrogens (tertiary/aromatic N) is 2. The van der Waals surface area contributed by atoms with Crippen molar-refractivity contribution in [2.45, 2.75) is 51.4 Å². The second kappa shape index (κ2) is 8.34. The number of carbonyl (C=O) groups is 2. The molecule has 1 aromatic rings. The van der Waals surface area contributed by atoms with Crippen molar-refractivity contribution < 1.29 is 23.5 Å². The Balaban J connectivity index is 1.50. The minimum atomic E-state index is -0.527. The molecular weight excluding hydrogens is 365 g/mol. The van der Waals surface area contributed by atoms with Crippen LogP contribution in [-0.4, -0.2) is 61.0 Å². The second-order valence-corrected chi connectivity index (χ2v) is 8.34. The van der Waals surface area contributed by atoms with E-state index in [1.807, 2.05) is 20.8 Å². The number of piperidine rings is 1. The third-order valence-electron chi connectivity index (χ3n) is 4.70. The molecule has 0 radical (unpaired) electrons. The Labute approximate surface area is 164 Å². The molecule has 2 aliphatic heterocycles. The summed E-state index contributed by atoms with van der Waals surface area (Å²) in [6, 6.07) is 5.80. The van der Waals surface area contributed by atoms with Crippen LogP contribution in [0.5, 0.6) is 0 Å². The van der Waals surface area contributed by atoms with E-state index >= 15 is 0 Å². The van der Waals surface area contributed by atoms with Crippen molar-refractivity contribution in [3.05, 3.63) is 30.1 Å². The molecule has 0 aliphatic carbocycles. The van der Waals surface area contributed by atoms with Gasteiger partial charge in [-0.25, -0.2) is 14.0 Å². The summed E-state index contributed by atoms with van der Waals surface area (Å²) in [4.78, 5) is 27.9. The van der Waals surface area contributed by atoms with Crippen LogP contribution in [0, 0.1) is 5.82 Å². The number of carbonyl (C=O) groups excluding carboxylic acids is 2. The molecule has 2 heterocycles. The quantitative estimate of drug-likeness (QED) is 0.851. The van der Waals surface area contributed by atoms with Gasteiger partial charge >= 0.3 is 12.2 Å². The average Bonchev–Trinajstić information content (AvgIpc) is 2.94. The summed E-state index contributed by atoms with van der Waals surface area (Å²) in [6.07, 6.45) is 0.744. The lowest BCUT2D eigenvalue weighted by atomic mass is 10.1. The molecule has 0 spiro atoms. The van der Waals surface area contributed by atoms with E-state index in [-0.39, 0.29) is 18.0 Å². The van der Waals surface area contributed by atoms with Crippen molar-refractivity contribution in [1.82, 2.24) is 10.2 Å². The van der Waals surface area contributed by atoms with E-state index in [9.17, 15) is 14.0 Å². The highest BCUT2D eigenvalue weighted by molar-refractivity contribution is 5.89. The zero-order valence-electron chi connectivity index (χ0n) is 16.6. The number of anilines is 1. The van der Waals surface area contributed by atoms with Crippen molar-refractivity contribution in [2.24, 2.45) is 0 Å². The molecule has 2 amide bonds. The van der Waals surface area contributed by atoms with E-state index in [0.717, 1.165) is 19.4 Å². The Morgan fingerprint density at radius 2 is 2.00 bits per heavy atom. The smallest absolute Gasteiger partial charge is 0.414 e. The fourth-order valence-electron chi connectivity index (χ4n) is 3.55. The number of cyclic esters (lactones) is 1. The third-order valence-corrected chi connectivity index (χ3v) is 4.70. The van der Waals surface area contributed by atoms with Crippen LogP contribution in [-0.2, 0) is 9.47 Å². The van der Waals surface area contributed by atoms with Crippen LogP contribution in [0.4, 0.5) is 19.7 Å². The Morgan fingerprint density at radius 1 is 1.29 bits per heavy atom. The molecule has 1 N–H and O–H groups in total. The molecule has 8 heteroatoms. The van der Waals surface area contributed by atoms with Gasteiger partial charge in [0.15, 0.2) is 0 Å². The molecule has 3 rings (SSSR count). The van der Waals surface area contributed by atoms with Gasteiger partial charge in [0, 0.05) is 24.8 Å². The SMILES string of the molecule is CC(C)(C)OC(=O)N[C@@H]1CCCN(C[C@H]2CN(c3ccc(F)cc3)C(=O)O2)C1. The monoisotopic (exact) mass is 393 g/mol. The Hall–Kier alpha value is -2.35. The minimum Gasteiger partial charge on any atom is -0.444 e. The zero-order valence-corrected chi connectivity index (χ0v) is 16.6. The number of likely N-dealkylation sites (tertiary alicyclic amines) is 1. The number of amides is 2. The van der Waals surface area contributed by atoms with E-state index in [2.05, 4.69) is 10.2 Å². The van der Waals surface area contributed by atoms with E-state index in [1.165, 1.54) is 17.0 Å². The first-order valence-corrected chi connectivity index (χ1v) is 9.65. The third kappa shape index (κ3) is 5.58. The van der Waals surface area contributed by atoms with Crippen LogP contribution in [0.3, 0.4) is 0 Å². The van der Waals surface area contributed by atoms with Gasteiger partial charge in [0.05, 0.1) is 6.54 Å². The molecule has 2 atom stereocenters. The number of hydrogen-bond acceptors (Lipinski definition) is 5. The molecule has 0 saturated carbocycles. The van der Waals surface area contributed by atoms with Gasteiger partial charge in [-0.2, -0.15) is 0 Å². The summed E-state index contributed by atoms with van der Waals surface area (Å²) in [5.41, 5.74) is 0.0948. The highest BCUT2D eigenvalue weighted by Crippen LogP contribution is 2.23. The maximum absolute atomic E-state index is 13.1. The zero-order chi connectivity index (χ0) is 20.3. The first kappa shape index (κ1) is 20.4. The Kier molecular flexibility index (Phi) is 6.07. The molecule has 7 nitrogen and oxygen atoms in total. The highest BCUT2D eigenvalue weighted by Gasteiger charge is 2.34. The predicted molar refractivity (Wildman–Crippen MR) is 103 cm³/mol. The van der Waals surface area contributed by atoms with Gasteiger partial charge in [0.25, 0.3) is 0 Å². The fraction of sp³-hybridized carbons (Fsp3) is 0.600. The Morgan fingerprint density at radius 3 is 2.68 bits per heavy atom. The van der Waals surface area contributed by atoms with Crippen LogP contribution in [0.15, 0.2) is 24.3 Å². The van der Waals surface area contributed by atoms with Gasteiger partial charge in [-0.3, -0.25) is 9.80 Å². The molecule has 0 unspecified atom stereocenters. The first-order chi connectivity index (χ1) is 13.2. The standard InChI is InChI=1S/C20H28FN3O4/c1-20(2,3)28-18(25)22-15-5-4-10-23(11-15)12-17-13-24(19(26)27-17)16-8-6-14(21)7-9-16/h6-9,15,17H,4-5,10-13H2,1-3H3,(H,22,25)/t15-,17+/m1/s1. The Bertz CT molecular complexity index is 704. The maximum atomic E-state index is 13.1. The lowest BCUT2D eigenvalue weighted by molar-refractivity contribution is 0.0454. The number of nitrogens with one attached hydrogen (secondary N) is 1. The topological polar surface area (TPSA) is 71.1 Å². The predicted octanol–water partition coefficient (Wildman–Crippen LogP) is 3.14. The lowest BCUT2D eigenvalue weighted by Gasteiger charge is -2.34. The molecule has 2 aliphatic rings. The van der Waals surface area contributed by atoms with Crippen LogP contribution in [0.2, 0.25) is 0 Å². The second-order valence-electron chi connectivity index (χ2n) is 8.34. The van der Waals surface area contributed by atoms with E-state index in [1.54, 1.807) is 12.1 Å². The fourth-order valence-corrected chi connectivity index (χ4v) is 3.55. The molecule has 2 saturated heterocycles. The summed E-state index contributed by atoms with van der Waals surface area (Å²) in [5.74, 6) is -0.343. The van der Waals surface area contributed by atoms with E-state index < -0.39 is 17.8 Å². The van der Waals surface area contributed by atoms with Gasteiger partial charge in [0.2, 0.25) is 0 Å². The van der Waals surface area contributed by atoms with Gasteiger partial charge in [-0.05, 0) is 64.4 Å². The molecule has 1 aromatic carbocycles. The van der Waals surface area contributed by atoms with Gasteiger partial charge in [0.1, 0.15) is 17.5 Å². The molecule has 2 fully saturated rings. The molecule has 154 valence electrons. The van der Waals surface area contributed by atoms with Gasteiger partial charge in [-0.15, -0.1) is 0 Å². The molecule has 0 bridgehead atoms. The summed E-state index contributed by atoms with van der Waals surface area (Å²) >= 11 is 0. The average molecular weight is 393 g/mol. The van der Waals surface area contributed by atoms with E-state index in [0.29, 0.717) is 25.3 Å². The number of alkyl carbamates (subject to hydrolysis) is 1. The van der Waals surface area contributed by atoms with Crippen LogP contribution >= 0.6 is 0 Å². The van der Waals surface area contributed by atoms with Crippen LogP contribution in [0.1, 0.15) is 33.6 Å². The largest absolute Gasteiger partial charge is 0.444 e. The maximum Gasteiger partial charge on any atom is 0.414 e. The van der Waals surface area contributed by atoms with Crippen molar-refractivity contribution in [3.63, 3.8) is 0 Å². The summed E-state index contributed by atoms with van der Waals surface area (Å²) in [7, 11) is 0. The summed E-state index contributed by atoms with van der Waals surface area (Å²) in [5, 5.41) is 2.92. The normalized spacial score (nSPS) is 23.4. The minimum absolute atomic E-state index is 0.00825. The number of benzene rings is 1. The van der Waals surface area contributed by atoms with Gasteiger partial charge in [-0.1, -0.05) is 0 Å². The van der Waals surface area contributed by atoms with Crippen molar-refractivity contribution in [3.8, 4) is 0 Å². The number of hydrogen-bond donors (Lipinski definition) is 1. The van der Waals surface area contributed by atoms with Crippen LogP contribution < -0.4 is 10.2 Å². The van der Waals surface area contributed by atoms with Crippen molar-refractivity contribution >= 4 is 17.9 Å². The van der Waals surface area contributed by atoms with Crippen molar-refractivity contribution in [2.75, 3.05) is 31.1 Å². The first-order valence-electron chi connectivity index (χ1n) is 9.65. The molecular formula is C20H28FN3O4. The summed E-state index contributed by atoms with van der Waals surface area (Å²) in [6.45, 7) is 8.09. The van der Waals surface area contributed by atoms with E-state index in [4.69, 9.17) is 9.47 Å².